The lowest BCUT2D eigenvalue weighted by atomic mass is 10.2. The van der Waals surface area contributed by atoms with E-state index >= 15 is 0 Å². The van der Waals surface area contributed by atoms with E-state index in [1.165, 1.54) is 27.3 Å². The van der Waals surface area contributed by atoms with Crippen LogP contribution in [-0.4, -0.2) is 43.6 Å². The van der Waals surface area contributed by atoms with Crippen LogP contribution in [0.25, 0.3) is 23.0 Å². The minimum absolute atomic E-state index is 0.0709. The molecule has 0 bridgehead atoms. The summed E-state index contributed by atoms with van der Waals surface area (Å²) in [5.41, 5.74) is 0.0999. The van der Waals surface area contributed by atoms with Gasteiger partial charge in [0.15, 0.2) is 5.57 Å². The number of ether oxygens (including phenoxy) is 1. The molecular formula is C26H20N4O6S2. The first-order chi connectivity index (χ1) is 18.4. The minimum Gasteiger partial charge on any atom is -0.467 e. The Morgan fingerprint density at radius 1 is 1.05 bits per heavy atom. The summed E-state index contributed by atoms with van der Waals surface area (Å²) in [6, 6.07) is 16.9. The standard InChI is InChI=1S/C26H20N4O6S2/c27-15-19(16-28)26-30(17-21-2-1-11-35-21)25(31)24(37-26)14-20-5-8-23(36-20)18-3-6-22(7-4-18)38(32,33)29-9-12-34-13-10-29/h1-8,11,14H,9-10,12-13,17H2/b24-14-. The molecule has 4 aromatic rings. The molecule has 12 heteroatoms. The Bertz CT molecular complexity index is 1810. The third kappa shape index (κ3) is 4.98. The molecule has 0 atom stereocenters. The van der Waals surface area contributed by atoms with Gasteiger partial charge in [0.2, 0.25) is 10.0 Å². The summed E-state index contributed by atoms with van der Waals surface area (Å²) in [4.78, 5) is 13.3. The van der Waals surface area contributed by atoms with Crippen molar-refractivity contribution in [2.24, 2.45) is 0 Å². The average Bonchev–Trinajstić information content (AvgIpc) is 3.69. The van der Waals surface area contributed by atoms with Crippen molar-refractivity contribution in [3.05, 3.63) is 85.9 Å². The summed E-state index contributed by atoms with van der Waals surface area (Å²) in [6.07, 6.45) is 3.02. The molecule has 10 nitrogen and oxygen atoms in total. The monoisotopic (exact) mass is 548 g/mol. The van der Waals surface area contributed by atoms with Crippen LogP contribution in [0.15, 0.2) is 73.3 Å². The first-order valence-electron chi connectivity index (χ1n) is 11.5. The second kappa shape index (κ2) is 10.7. The molecule has 192 valence electrons. The van der Waals surface area contributed by atoms with Crippen molar-refractivity contribution in [2.75, 3.05) is 26.3 Å². The molecule has 0 saturated carbocycles. The first-order valence-corrected chi connectivity index (χ1v) is 13.7. The Morgan fingerprint density at radius 3 is 2.45 bits per heavy atom. The molecule has 1 saturated heterocycles. The zero-order chi connectivity index (χ0) is 26.7. The highest BCUT2D eigenvalue weighted by atomic mass is 32.2. The van der Waals surface area contributed by atoms with Gasteiger partial charge in [-0.3, -0.25) is 9.36 Å². The number of rotatable bonds is 6. The summed E-state index contributed by atoms with van der Waals surface area (Å²) in [5, 5.41) is 18.8. The van der Waals surface area contributed by atoms with Crippen LogP contribution < -0.4 is 14.8 Å². The molecule has 1 fully saturated rings. The molecule has 5 rings (SSSR count). The lowest BCUT2D eigenvalue weighted by Gasteiger charge is -2.26. The smallest absolute Gasteiger partial charge is 0.269 e. The number of hydrogen-bond donors (Lipinski definition) is 0. The number of aromatic nitrogens is 1. The Kier molecular flexibility index (Phi) is 7.13. The van der Waals surface area contributed by atoms with Gasteiger partial charge in [-0.1, -0.05) is 0 Å². The number of benzene rings is 1. The molecule has 3 aromatic heterocycles. The molecule has 0 radical (unpaired) electrons. The van der Waals surface area contributed by atoms with E-state index in [0.29, 0.717) is 49.1 Å². The second-order valence-corrected chi connectivity index (χ2v) is 11.2. The highest BCUT2D eigenvalue weighted by Crippen LogP contribution is 2.25. The zero-order valence-electron chi connectivity index (χ0n) is 19.9. The third-order valence-corrected chi connectivity index (χ3v) is 8.93. The number of furan rings is 2. The predicted octanol–water partition coefficient (Wildman–Crippen LogP) is 1.86. The Balaban J connectivity index is 1.46. The predicted molar refractivity (Wildman–Crippen MR) is 138 cm³/mol. The van der Waals surface area contributed by atoms with Gasteiger partial charge in [-0.15, -0.1) is 11.3 Å². The quantitative estimate of drug-likeness (QED) is 0.355. The van der Waals surface area contributed by atoms with E-state index in [0.717, 1.165) is 11.3 Å². The number of sulfonamides is 1. The molecule has 1 aromatic carbocycles. The van der Waals surface area contributed by atoms with Crippen molar-refractivity contribution < 1.29 is 22.0 Å². The largest absolute Gasteiger partial charge is 0.467 e. The molecule has 0 spiro atoms. The Morgan fingerprint density at radius 2 is 1.79 bits per heavy atom. The fourth-order valence-corrected chi connectivity index (χ4v) is 6.41. The van der Waals surface area contributed by atoms with Crippen LogP contribution in [0.3, 0.4) is 0 Å². The van der Waals surface area contributed by atoms with Crippen LogP contribution in [-0.2, 0) is 21.3 Å². The molecule has 38 heavy (non-hydrogen) atoms. The number of hydrogen-bond acceptors (Lipinski definition) is 9. The van der Waals surface area contributed by atoms with E-state index in [4.69, 9.17) is 13.6 Å². The van der Waals surface area contributed by atoms with Gasteiger partial charge in [0.1, 0.15) is 34.1 Å². The molecule has 0 unspecified atom stereocenters. The second-order valence-electron chi connectivity index (χ2n) is 8.23. The van der Waals surface area contributed by atoms with Crippen LogP contribution in [0.2, 0.25) is 0 Å². The van der Waals surface area contributed by atoms with Crippen molar-refractivity contribution in [2.45, 2.75) is 11.4 Å². The van der Waals surface area contributed by atoms with Crippen molar-refractivity contribution in [3.8, 4) is 23.5 Å². The Labute approximate surface area is 221 Å². The number of nitriles is 2. The lowest BCUT2D eigenvalue weighted by molar-refractivity contribution is 0.0730. The van der Waals surface area contributed by atoms with Crippen molar-refractivity contribution in [1.29, 1.82) is 10.5 Å². The molecular weight excluding hydrogens is 528 g/mol. The van der Waals surface area contributed by atoms with E-state index in [1.807, 2.05) is 12.1 Å². The summed E-state index contributed by atoms with van der Waals surface area (Å²) in [5.74, 6) is 1.38. The first kappa shape index (κ1) is 25.4. The molecule has 0 amide bonds. The minimum atomic E-state index is -3.61. The van der Waals surface area contributed by atoms with E-state index in [-0.39, 0.29) is 31.8 Å². The van der Waals surface area contributed by atoms with Crippen LogP contribution in [0, 0.1) is 22.7 Å². The van der Waals surface area contributed by atoms with E-state index in [9.17, 15) is 23.7 Å². The van der Waals surface area contributed by atoms with Crippen molar-refractivity contribution >= 4 is 33.0 Å². The van der Waals surface area contributed by atoms with Gasteiger partial charge in [0.25, 0.3) is 5.56 Å². The van der Waals surface area contributed by atoms with Gasteiger partial charge >= 0.3 is 0 Å². The van der Waals surface area contributed by atoms with Crippen LogP contribution >= 0.6 is 11.3 Å². The van der Waals surface area contributed by atoms with E-state index in [2.05, 4.69) is 0 Å². The number of thiazole rings is 1. The average molecular weight is 549 g/mol. The van der Waals surface area contributed by atoms with Gasteiger partial charge in [0, 0.05) is 24.7 Å². The van der Waals surface area contributed by atoms with E-state index < -0.39 is 10.0 Å². The summed E-state index contributed by atoms with van der Waals surface area (Å²) < 4.78 is 45.4. The normalized spacial score (nSPS) is 14.7. The fraction of sp³-hybridized carbons (Fsp3) is 0.192. The lowest BCUT2D eigenvalue weighted by Crippen LogP contribution is -2.40. The van der Waals surface area contributed by atoms with E-state index in [1.54, 1.807) is 42.5 Å². The SMILES string of the molecule is N#CC(C#N)=c1s/c(=C\c2ccc(-c3ccc(S(=O)(=O)N4CCOCC4)cc3)o2)c(=O)n1Cc1ccco1. The van der Waals surface area contributed by atoms with Gasteiger partial charge in [-0.25, -0.2) is 8.42 Å². The summed E-state index contributed by atoms with van der Waals surface area (Å²) in [7, 11) is -3.61. The maximum atomic E-state index is 13.2. The highest BCUT2D eigenvalue weighted by molar-refractivity contribution is 7.89. The molecule has 0 N–H and O–H groups in total. The van der Waals surface area contributed by atoms with Crippen LogP contribution in [0.5, 0.6) is 0 Å². The molecule has 0 aliphatic carbocycles. The zero-order valence-corrected chi connectivity index (χ0v) is 21.5. The fourth-order valence-electron chi connectivity index (χ4n) is 3.97. The summed E-state index contributed by atoms with van der Waals surface area (Å²) >= 11 is 1.01. The number of nitrogens with zero attached hydrogens (tertiary/aromatic N) is 4. The van der Waals surface area contributed by atoms with Gasteiger partial charge in [-0.05, 0) is 48.5 Å². The maximum Gasteiger partial charge on any atom is 0.269 e. The van der Waals surface area contributed by atoms with Gasteiger partial charge in [0.05, 0.1) is 35.4 Å². The van der Waals surface area contributed by atoms with Crippen LogP contribution in [0.4, 0.5) is 0 Å². The van der Waals surface area contributed by atoms with Crippen molar-refractivity contribution in [1.82, 2.24) is 8.87 Å². The summed E-state index contributed by atoms with van der Waals surface area (Å²) in [6.45, 7) is 1.44. The number of morpholine rings is 1. The van der Waals surface area contributed by atoms with Gasteiger partial charge < -0.3 is 13.6 Å². The molecule has 1 aliphatic rings. The highest BCUT2D eigenvalue weighted by Gasteiger charge is 2.26. The third-order valence-electron chi connectivity index (χ3n) is 5.89. The molecule has 4 heterocycles. The van der Waals surface area contributed by atoms with Crippen LogP contribution in [0.1, 0.15) is 11.5 Å². The van der Waals surface area contributed by atoms with Crippen molar-refractivity contribution in [3.63, 3.8) is 0 Å². The molecule has 1 aliphatic heterocycles. The Hall–Kier alpha value is -4.20. The van der Waals surface area contributed by atoms with Gasteiger partial charge in [-0.2, -0.15) is 14.8 Å². The maximum absolute atomic E-state index is 13.2. The topological polar surface area (TPSA) is 142 Å².